The third kappa shape index (κ3) is 5.41. The zero-order valence-electron chi connectivity index (χ0n) is 17.0. The molecule has 4 nitrogen and oxygen atoms in total. The summed E-state index contributed by atoms with van der Waals surface area (Å²) >= 11 is 0. The first-order valence-electron chi connectivity index (χ1n) is 9.73. The number of nitrogens with one attached hydrogen (secondary N) is 1. The predicted octanol–water partition coefficient (Wildman–Crippen LogP) is 3.98. The molecule has 0 saturated carbocycles. The van der Waals surface area contributed by atoms with Gasteiger partial charge in [-0.3, -0.25) is 9.69 Å². The highest BCUT2D eigenvalue weighted by atomic mass is 16.1. The molecule has 0 aromatic heterocycles. The minimum Gasteiger partial charge on any atom is -0.322 e. The summed E-state index contributed by atoms with van der Waals surface area (Å²) in [5, 5.41) is 3.02. The van der Waals surface area contributed by atoms with Gasteiger partial charge in [0.05, 0.1) is 0 Å². The third-order valence-electron chi connectivity index (χ3n) is 5.20. The molecule has 0 bridgehead atoms. The number of piperazine rings is 1. The van der Waals surface area contributed by atoms with Gasteiger partial charge >= 0.3 is 0 Å². The summed E-state index contributed by atoms with van der Waals surface area (Å²) in [6.45, 7) is 11.9. The topological polar surface area (TPSA) is 35.6 Å². The molecule has 144 valence electrons. The van der Waals surface area contributed by atoms with Crippen LogP contribution in [0.1, 0.15) is 42.3 Å². The Hall–Kier alpha value is -2.17. The minimum absolute atomic E-state index is 0.0612. The third-order valence-corrected chi connectivity index (χ3v) is 5.20. The second kappa shape index (κ2) is 8.24. The molecular weight excluding hydrogens is 334 g/mol. The molecule has 1 amide bonds. The molecule has 0 unspecified atom stereocenters. The molecule has 0 spiro atoms. The summed E-state index contributed by atoms with van der Waals surface area (Å²) in [6.07, 6.45) is 0. The van der Waals surface area contributed by atoms with E-state index in [1.165, 1.54) is 11.1 Å². The van der Waals surface area contributed by atoms with E-state index in [-0.39, 0.29) is 11.3 Å². The van der Waals surface area contributed by atoms with E-state index in [1.54, 1.807) is 0 Å². The van der Waals surface area contributed by atoms with Crippen molar-refractivity contribution in [3.05, 3.63) is 65.2 Å². The minimum atomic E-state index is -0.0628. The van der Waals surface area contributed by atoms with Crippen molar-refractivity contribution in [2.24, 2.45) is 0 Å². The summed E-state index contributed by atoms with van der Waals surface area (Å²) in [5.74, 6) is -0.0628. The molecule has 1 fully saturated rings. The van der Waals surface area contributed by atoms with Gasteiger partial charge in [0, 0.05) is 44.0 Å². The molecule has 0 atom stereocenters. The lowest BCUT2D eigenvalue weighted by Gasteiger charge is -2.32. The molecule has 1 heterocycles. The lowest BCUT2D eigenvalue weighted by molar-refractivity contribution is 0.102. The first-order chi connectivity index (χ1) is 12.8. The summed E-state index contributed by atoms with van der Waals surface area (Å²) < 4.78 is 0. The van der Waals surface area contributed by atoms with Gasteiger partial charge in [0.15, 0.2) is 0 Å². The molecule has 4 heteroatoms. The van der Waals surface area contributed by atoms with Crippen molar-refractivity contribution in [1.82, 2.24) is 9.80 Å². The fourth-order valence-corrected chi connectivity index (χ4v) is 3.29. The Morgan fingerprint density at radius 2 is 1.67 bits per heavy atom. The maximum atomic E-state index is 12.6. The van der Waals surface area contributed by atoms with Gasteiger partial charge in [-0.15, -0.1) is 0 Å². The van der Waals surface area contributed by atoms with Crippen LogP contribution in [0.25, 0.3) is 0 Å². The first kappa shape index (κ1) is 19.6. The van der Waals surface area contributed by atoms with Crippen molar-refractivity contribution in [2.45, 2.75) is 32.7 Å². The van der Waals surface area contributed by atoms with Crippen LogP contribution in [0, 0.1) is 0 Å². The average molecular weight is 366 g/mol. The number of benzene rings is 2. The Kier molecular flexibility index (Phi) is 5.98. The quantitative estimate of drug-likeness (QED) is 0.890. The van der Waals surface area contributed by atoms with E-state index < -0.39 is 0 Å². The highest BCUT2D eigenvalue weighted by molar-refractivity contribution is 6.04. The van der Waals surface area contributed by atoms with E-state index in [2.05, 4.69) is 67.2 Å². The van der Waals surface area contributed by atoms with Gasteiger partial charge in [0.1, 0.15) is 0 Å². The van der Waals surface area contributed by atoms with Crippen LogP contribution in [0.5, 0.6) is 0 Å². The van der Waals surface area contributed by atoms with Crippen molar-refractivity contribution >= 4 is 11.6 Å². The number of hydrogen-bond acceptors (Lipinski definition) is 3. The van der Waals surface area contributed by atoms with E-state index in [0.29, 0.717) is 5.56 Å². The van der Waals surface area contributed by atoms with Crippen LogP contribution in [0.2, 0.25) is 0 Å². The average Bonchev–Trinajstić information content (AvgIpc) is 2.64. The SMILES string of the molecule is CN1CCN(Cc2ccc(C(=O)Nc3cccc(C(C)(C)C)c3)cc2)CC1. The molecule has 2 aromatic rings. The van der Waals surface area contributed by atoms with E-state index >= 15 is 0 Å². The van der Waals surface area contributed by atoms with Gasteiger partial charge in [-0.1, -0.05) is 45.0 Å². The monoisotopic (exact) mass is 365 g/mol. The number of likely N-dealkylation sites (N-methyl/N-ethyl adjacent to an activating group) is 1. The van der Waals surface area contributed by atoms with Crippen molar-refractivity contribution in [1.29, 1.82) is 0 Å². The van der Waals surface area contributed by atoms with Crippen molar-refractivity contribution < 1.29 is 4.79 Å². The number of rotatable bonds is 4. The molecule has 0 radical (unpaired) electrons. The number of anilines is 1. The van der Waals surface area contributed by atoms with Crippen LogP contribution in [0.15, 0.2) is 48.5 Å². The highest BCUT2D eigenvalue weighted by Gasteiger charge is 2.16. The molecule has 2 aromatic carbocycles. The second-order valence-electron chi connectivity index (χ2n) is 8.56. The Morgan fingerprint density at radius 1 is 1.00 bits per heavy atom. The number of carbonyl (C=O) groups is 1. The summed E-state index contributed by atoms with van der Waals surface area (Å²) in [4.78, 5) is 17.4. The van der Waals surface area contributed by atoms with Gasteiger partial charge in [0.2, 0.25) is 0 Å². The number of hydrogen-bond donors (Lipinski definition) is 1. The molecular formula is C23H31N3O. The summed E-state index contributed by atoms with van der Waals surface area (Å²) in [6, 6.07) is 16.1. The molecule has 1 saturated heterocycles. The maximum absolute atomic E-state index is 12.6. The van der Waals surface area contributed by atoms with Gasteiger partial charge in [-0.25, -0.2) is 0 Å². The lowest BCUT2D eigenvalue weighted by Crippen LogP contribution is -2.43. The molecule has 1 aliphatic heterocycles. The molecule has 27 heavy (non-hydrogen) atoms. The lowest BCUT2D eigenvalue weighted by atomic mass is 9.87. The number of amides is 1. The fraction of sp³-hybridized carbons (Fsp3) is 0.435. The standard InChI is InChI=1S/C23H31N3O/c1-23(2,3)20-6-5-7-21(16-20)24-22(27)19-10-8-18(9-11-19)17-26-14-12-25(4)13-15-26/h5-11,16H,12-15,17H2,1-4H3,(H,24,27). The van der Waals surface area contributed by atoms with Gasteiger partial charge in [0.25, 0.3) is 5.91 Å². The normalized spacial score (nSPS) is 16.3. The maximum Gasteiger partial charge on any atom is 0.255 e. The second-order valence-corrected chi connectivity index (χ2v) is 8.56. The smallest absolute Gasteiger partial charge is 0.255 e. The molecule has 1 N–H and O–H groups in total. The summed E-state index contributed by atoms with van der Waals surface area (Å²) in [7, 11) is 2.17. The summed E-state index contributed by atoms with van der Waals surface area (Å²) in [5.41, 5.74) is 4.06. The van der Waals surface area contributed by atoms with Crippen LogP contribution < -0.4 is 5.32 Å². The van der Waals surface area contributed by atoms with Crippen molar-refractivity contribution in [3.63, 3.8) is 0 Å². The van der Waals surface area contributed by atoms with E-state index in [9.17, 15) is 4.79 Å². The van der Waals surface area contributed by atoms with Gasteiger partial charge in [-0.2, -0.15) is 0 Å². The largest absolute Gasteiger partial charge is 0.322 e. The molecule has 1 aliphatic rings. The molecule has 3 rings (SSSR count). The first-order valence-corrected chi connectivity index (χ1v) is 9.73. The van der Waals surface area contributed by atoms with E-state index in [1.807, 2.05) is 24.3 Å². The van der Waals surface area contributed by atoms with E-state index in [4.69, 9.17) is 0 Å². The molecule has 0 aliphatic carbocycles. The number of carbonyl (C=O) groups excluding carboxylic acids is 1. The van der Waals surface area contributed by atoms with Crippen LogP contribution in [0.3, 0.4) is 0 Å². The number of nitrogens with zero attached hydrogens (tertiary/aromatic N) is 2. The van der Waals surface area contributed by atoms with Crippen molar-refractivity contribution in [2.75, 3.05) is 38.5 Å². The van der Waals surface area contributed by atoms with E-state index in [0.717, 1.165) is 38.4 Å². The van der Waals surface area contributed by atoms with Crippen LogP contribution in [-0.4, -0.2) is 48.9 Å². The zero-order valence-corrected chi connectivity index (χ0v) is 17.0. The Morgan fingerprint density at radius 3 is 2.30 bits per heavy atom. The highest BCUT2D eigenvalue weighted by Crippen LogP contribution is 2.24. The van der Waals surface area contributed by atoms with Gasteiger partial charge in [-0.05, 0) is 47.9 Å². The van der Waals surface area contributed by atoms with Crippen LogP contribution >= 0.6 is 0 Å². The Balaban J connectivity index is 1.61. The Labute approximate surface area is 163 Å². The zero-order chi connectivity index (χ0) is 19.4. The Bertz CT molecular complexity index is 769. The van der Waals surface area contributed by atoms with Gasteiger partial charge < -0.3 is 10.2 Å². The van der Waals surface area contributed by atoms with Crippen LogP contribution in [0.4, 0.5) is 5.69 Å². The fourth-order valence-electron chi connectivity index (χ4n) is 3.29. The van der Waals surface area contributed by atoms with Crippen molar-refractivity contribution in [3.8, 4) is 0 Å². The van der Waals surface area contributed by atoms with Crippen LogP contribution in [-0.2, 0) is 12.0 Å². The predicted molar refractivity (Wildman–Crippen MR) is 112 cm³/mol.